The second-order valence-electron chi connectivity index (χ2n) is 5.11. The van der Waals surface area contributed by atoms with Crippen LogP contribution in [0.25, 0.3) is 0 Å². The fourth-order valence-corrected chi connectivity index (χ4v) is 3.64. The molecule has 1 aromatic carbocycles. The van der Waals surface area contributed by atoms with Gasteiger partial charge in [-0.3, -0.25) is 0 Å². The number of rotatable bonds is 5. The van der Waals surface area contributed by atoms with Crippen molar-refractivity contribution in [3.63, 3.8) is 0 Å². The molecule has 0 radical (unpaired) electrons. The number of hydrogen-bond acceptors (Lipinski definition) is 1. The van der Waals surface area contributed by atoms with Crippen molar-refractivity contribution in [3.05, 3.63) is 30.3 Å². The van der Waals surface area contributed by atoms with Crippen molar-refractivity contribution < 1.29 is 4.52 Å². The zero-order valence-corrected chi connectivity index (χ0v) is 11.3. The van der Waals surface area contributed by atoms with Crippen molar-refractivity contribution in [2.24, 2.45) is 5.92 Å². The van der Waals surface area contributed by atoms with E-state index in [9.17, 15) is 0 Å². The van der Waals surface area contributed by atoms with Crippen LogP contribution in [0.1, 0.15) is 20.3 Å². The Morgan fingerprint density at radius 1 is 1.13 bits per heavy atom. The summed E-state index contributed by atoms with van der Waals surface area (Å²) in [6, 6.07) is 10.2. The van der Waals surface area contributed by atoms with Crippen LogP contribution in [0, 0.1) is 5.92 Å². The van der Waals surface area contributed by atoms with Crippen LogP contribution in [0.4, 0.5) is 0 Å². The molecule has 0 saturated heterocycles. The van der Waals surface area contributed by atoms with Crippen LogP contribution in [-0.4, -0.2) is 19.5 Å². The molecule has 0 heterocycles. The van der Waals surface area contributed by atoms with Crippen molar-refractivity contribution >= 4 is 7.49 Å². The van der Waals surface area contributed by atoms with Gasteiger partial charge in [-0.05, 0) is 0 Å². The molecule has 0 fully saturated rings. The molecule has 0 saturated carbocycles. The van der Waals surface area contributed by atoms with Gasteiger partial charge in [-0.1, -0.05) is 0 Å². The minimum atomic E-state index is -1.51. The number of para-hydroxylation sites is 1. The topological polar surface area (TPSA) is 9.23 Å². The van der Waals surface area contributed by atoms with E-state index in [1.165, 1.54) is 12.6 Å². The van der Waals surface area contributed by atoms with E-state index in [4.69, 9.17) is 4.52 Å². The molecule has 0 unspecified atom stereocenters. The molecule has 15 heavy (non-hydrogen) atoms. The van der Waals surface area contributed by atoms with E-state index < -0.39 is 7.49 Å². The monoisotopic (exact) mass is 226 g/mol. The van der Waals surface area contributed by atoms with Crippen LogP contribution in [0.3, 0.4) is 0 Å². The van der Waals surface area contributed by atoms with Gasteiger partial charge in [0.25, 0.3) is 0 Å². The van der Waals surface area contributed by atoms with Crippen molar-refractivity contribution in [1.29, 1.82) is 0 Å². The van der Waals surface area contributed by atoms with E-state index in [0.717, 1.165) is 11.7 Å². The van der Waals surface area contributed by atoms with Gasteiger partial charge in [0.1, 0.15) is 0 Å². The van der Waals surface area contributed by atoms with Gasteiger partial charge in [0, 0.05) is 0 Å². The van der Waals surface area contributed by atoms with Crippen LogP contribution < -0.4 is 4.52 Å². The average molecular weight is 226 g/mol. The number of benzene rings is 1. The minimum absolute atomic E-state index is 0.774. The van der Waals surface area contributed by atoms with Crippen LogP contribution in [0.5, 0.6) is 5.75 Å². The summed E-state index contributed by atoms with van der Waals surface area (Å²) in [7, 11) is -1.51. The van der Waals surface area contributed by atoms with E-state index in [-0.39, 0.29) is 0 Å². The maximum atomic E-state index is 6.09. The first-order valence-electron chi connectivity index (χ1n) is 5.74. The van der Waals surface area contributed by atoms with Gasteiger partial charge >= 0.3 is 93.8 Å². The van der Waals surface area contributed by atoms with E-state index in [1.807, 2.05) is 30.3 Å². The first-order chi connectivity index (χ1) is 6.99. The summed E-state index contributed by atoms with van der Waals surface area (Å²) in [5.74, 6) is 1.80. The summed E-state index contributed by atoms with van der Waals surface area (Å²) in [5.41, 5.74) is 0. The van der Waals surface area contributed by atoms with Gasteiger partial charge in [0.05, 0.1) is 0 Å². The van der Waals surface area contributed by atoms with Gasteiger partial charge in [-0.2, -0.15) is 0 Å². The zero-order chi connectivity index (χ0) is 11.3. The maximum absolute atomic E-state index is 6.09. The van der Waals surface area contributed by atoms with E-state index in [0.29, 0.717) is 0 Å². The van der Waals surface area contributed by atoms with E-state index in [1.54, 1.807) is 0 Å². The molecule has 0 spiro atoms. The molecule has 0 amide bonds. The molecule has 0 N–H and O–H groups in total. The quantitative estimate of drug-likeness (QED) is 0.688. The molecule has 1 nitrogen and oxygen atoms in total. The first-order valence-corrected chi connectivity index (χ1v) is 8.85. The Bertz CT molecular complexity index is 280. The standard InChI is InChI=1S/C13H23OP/c1-12(2)10-11-15(3,4)14-13-8-6-5-7-9-13/h5-9,12,15H,10-11H2,1-4H3. The van der Waals surface area contributed by atoms with Crippen LogP contribution in [0.2, 0.25) is 0 Å². The van der Waals surface area contributed by atoms with Crippen molar-refractivity contribution in [1.82, 2.24) is 0 Å². The van der Waals surface area contributed by atoms with Crippen molar-refractivity contribution in [2.75, 3.05) is 19.5 Å². The Hall–Kier alpha value is -0.550. The molecular formula is C13H23OP. The Morgan fingerprint density at radius 3 is 2.27 bits per heavy atom. The summed E-state index contributed by atoms with van der Waals surface area (Å²) in [6.45, 7) is 9.13. The molecule has 86 valence electrons. The summed E-state index contributed by atoms with van der Waals surface area (Å²) in [5, 5.41) is 0. The Balaban J connectivity index is 2.49. The summed E-state index contributed by atoms with van der Waals surface area (Å²) < 4.78 is 6.09. The zero-order valence-electron chi connectivity index (χ0n) is 10.3. The van der Waals surface area contributed by atoms with Gasteiger partial charge in [0.2, 0.25) is 0 Å². The molecule has 0 aromatic heterocycles. The normalized spacial score (nSPS) is 12.9. The average Bonchev–Trinajstić information content (AvgIpc) is 2.16. The predicted octanol–water partition coefficient (Wildman–Crippen LogP) is 4.04. The summed E-state index contributed by atoms with van der Waals surface area (Å²) in [4.78, 5) is 0. The molecule has 0 aliphatic heterocycles. The van der Waals surface area contributed by atoms with Crippen LogP contribution in [0.15, 0.2) is 30.3 Å². The molecule has 0 bridgehead atoms. The fourth-order valence-electron chi connectivity index (χ4n) is 1.49. The molecule has 0 atom stereocenters. The van der Waals surface area contributed by atoms with E-state index >= 15 is 0 Å². The SMILES string of the molecule is CC(C)CC[PH](C)(C)Oc1ccccc1. The molecular weight excluding hydrogens is 203 g/mol. The fraction of sp³-hybridized carbons (Fsp3) is 0.538. The van der Waals surface area contributed by atoms with Gasteiger partial charge in [-0.15, -0.1) is 0 Å². The third kappa shape index (κ3) is 5.18. The van der Waals surface area contributed by atoms with Crippen LogP contribution in [-0.2, 0) is 0 Å². The summed E-state index contributed by atoms with van der Waals surface area (Å²) >= 11 is 0. The van der Waals surface area contributed by atoms with Crippen molar-refractivity contribution in [3.8, 4) is 5.75 Å². The van der Waals surface area contributed by atoms with Gasteiger partial charge < -0.3 is 0 Å². The van der Waals surface area contributed by atoms with E-state index in [2.05, 4.69) is 27.2 Å². The molecule has 0 aliphatic rings. The Labute approximate surface area is 94.3 Å². The van der Waals surface area contributed by atoms with Crippen LogP contribution >= 0.6 is 7.49 Å². The summed E-state index contributed by atoms with van der Waals surface area (Å²) in [6.07, 6.45) is 2.51. The second kappa shape index (κ2) is 5.51. The van der Waals surface area contributed by atoms with Gasteiger partial charge in [0.15, 0.2) is 0 Å². The third-order valence-corrected chi connectivity index (χ3v) is 4.74. The first kappa shape index (κ1) is 12.5. The Kier molecular flexibility index (Phi) is 4.60. The molecule has 2 heteroatoms. The predicted molar refractivity (Wildman–Crippen MR) is 71.6 cm³/mol. The molecule has 1 aromatic rings. The number of hydrogen-bond donors (Lipinski definition) is 0. The molecule has 1 rings (SSSR count). The second-order valence-corrected chi connectivity index (χ2v) is 9.33. The Morgan fingerprint density at radius 2 is 1.73 bits per heavy atom. The van der Waals surface area contributed by atoms with Gasteiger partial charge in [-0.25, -0.2) is 0 Å². The van der Waals surface area contributed by atoms with Crippen molar-refractivity contribution in [2.45, 2.75) is 20.3 Å². The molecule has 0 aliphatic carbocycles. The third-order valence-electron chi connectivity index (χ3n) is 2.46.